The number of hydrogen-bond acceptors (Lipinski definition) is 3. The highest BCUT2D eigenvalue weighted by molar-refractivity contribution is 5.03. The van der Waals surface area contributed by atoms with Crippen molar-refractivity contribution in [3.05, 3.63) is 18.0 Å². The maximum atomic E-state index is 11.8. The Kier molecular flexibility index (Phi) is 6.01. The number of ether oxygens (including phenoxy) is 1. The van der Waals surface area contributed by atoms with Gasteiger partial charge in [-0.15, -0.1) is 0 Å². The number of nitrogens with one attached hydrogen (secondary N) is 1. The largest absolute Gasteiger partial charge is 0.411 e. The molecule has 0 aliphatic carbocycles. The molecule has 0 saturated carbocycles. The Morgan fingerprint density at radius 3 is 2.60 bits per heavy atom. The zero-order chi connectivity index (χ0) is 15.2. The van der Waals surface area contributed by atoms with E-state index in [4.69, 9.17) is 0 Å². The maximum Gasteiger partial charge on any atom is 0.411 e. The van der Waals surface area contributed by atoms with Crippen LogP contribution in [0.2, 0.25) is 0 Å². The van der Waals surface area contributed by atoms with Gasteiger partial charge in [-0.2, -0.15) is 18.3 Å². The van der Waals surface area contributed by atoms with Gasteiger partial charge in [-0.1, -0.05) is 0 Å². The van der Waals surface area contributed by atoms with Gasteiger partial charge in [0.1, 0.15) is 6.61 Å². The number of aromatic nitrogens is 2. The van der Waals surface area contributed by atoms with Crippen LogP contribution in [0, 0.1) is 0 Å². The van der Waals surface area contributed by atoms with Crippen molar-refractivity contribution in [2.75, 3.05) is 13.2 Å². The summed E-state index contributed by atoms with van der Waals surface area (Å²) in [5.41, 5.74) is 1.09. The molecule has 0 fully saturated rings. The number of halogens is 3. The molecule has 0 radical (unpaired) electrons. The van der Waals surface area contributed by atoms with Gasteiger partial charge in [0.15, 0.2) is 0 Å². The quantitative estimate of drug-likeness (QED) is 0.786. The van der Waals surface area contributed by atoms with Crippen molar-refractivity contribution < 1.29 is 17.9 Å². The molecule has 1 aromatic heterocycles. The van der Waals surface area contributed by atoms with Crippen molar-refractivity contribution in [3.8, 4) is 0 Å². The minimum absolute atomic E-state index is 0.0353. The van der Waals surface area contributed by atoms with E-state index in [2.05, 4.69) is 35.9 Å². The van der Waals surface area contributed by atoms with Gasteiger partial charge in [-0.25, -0.2) is 0 Å². The molecule has 20 heavy (non-hydrogen) atoms. The van der Waals surface area contributed by atoms with Gasteiger partial charge in [-0.3, -0.25) is 4.68 Å². The summed E-state index contributed by atoms with van der Waals surface area (Å²) >= 11 is 0. The molecule has 1 rings (SSSR count). The van der Waals surface area contributed by atoms with Gasteiger partial charge in [0.25, 0.3) is 0 Å². The molecule has 0 amide bonds. The molecule has 1 aromatic rings. The van der Waals surface area contributed by atoms with Crippen molar-refractivity contribution in [1.82, 2.24) is 15.1 Å². The van der Waals surface area contributed by atoms with E-state index in [1.165, 1.54) is 0 Å². The number of nitrogens with zero attached hydrogens (tertiary/aromatic N) is 2. The third-order valence-electron chi connectivity index (χ3n) is 2.45. The summed E-state index contributed by atoms with van der Waals surface area (Å²) in [4.78, 5) is 0. The highest BCUT2D eigenvalue weighted by Gasteiger charge is 2.27. The summed E-state index contributed by atoms with van der Waals surface area (Å²) in [5.74, 6) is 0. The lowest BCUT2D eigenvalue weighted by molar-refractivity contribution is -0.174. The summed E-state index contributed by atoms with van der Waals surface area (Å²) in [7, 11) is 0. The number of rotatable bonds is 7. The Bertz CT molecular complexity index is 396. The van der Waals surface area contributed by atoms with Crippen LogP contribution >= 0.6 is 0 Å². The van der Waals surface area contributed by atoms with E-state index >= 15 is 0 Å². The minimum atomic E-state index is -4.25. The molecule has 0 atom stereocenters. The molecule has 0 aliphatic rings. The Morgan fingerprint density at radius 1 is 1.30 bits per heavy atom. The first-order valence-corrected chi connectivity index (χ1v) is 6.56. The van der Waals surface area contributed by atoms with Gasteiger partial charge in [0, 0.05) is 37.0 Å². The molecule has 4 nitrogen and oxygen atoms in total. The van der Waals surface area contributed by atoms with Crippen LogP contribution < -0.4 is 5.32 Å². The van der Waals surface area contributed by atoms with E-state index in [-0.39, 0.29) is 12.1 Å². The summed E-state index contributed by atoms with van der Waals surface area (Å²) < 4.78 is 41.8. The summed E-state index contributed by atoms with van der Waals surface area (Å²) in [5, 5.41) is 7.50. The van der Waals surface area contributed by atoms with Gasteiger partial charge in [0.05, 0.1) is 6.20 Å². The second kappa shape index (κ2) is 7.08. The van der Waals surface area contributed by atoms with Crippen molar-refractivity contribution in [2.45, 2.75) is 52.0 Å². The number of hydrogen-bond donors (Lipinski definition) is 1. The molecule has 7 heteroatoms. The van der Waals surface area contributed by atoms with Crippen LogP contribution in [-0.4, -0.2) is 34.7 Å². The lowest BCUT2D eigenvalue weighted by Gasteiger charge is -2.19. The van der Waals surface area contributed by atoms with Crippen LogP contribution in [0.3, 0.4) is 0 Å². The number of alkyl halides is 3. The monoisotopic (exact) mass is 293 g/mol. The Labute approximate surface area is 117 Å². The molecule has 0 aliphatic heterocycles. The fourth-order valence-corrected chi connectivity index (χ4v) is 1.50. The first-order valence-electron chi connectivity index (χ1n) is 6.56. The minimum Gasteiger partial charge on any atom is -0.372 e. The Balaban J connectivity index is 2.20. The first kappa shape index (κ1) is 17.0. The van der Waals surface area contributed by atoms with E-state index in [9.17, 15) is 13.2 Å². The lowest BCUT2D eigenvalue weighted by Crippen LogP contribution is -2.34. The van der Waals surface area contributed by atoms with Crippen molar-refractivity contribution in [3.63, 3.8) is 0 Å². The molecule has 0 saturated heterocycles. The van der Waals surface area contributed by atoms with Crippen LogP contribution in [0.5, 0.6) is 0 Å². The normalized spacial score (nSPS) is 12.9. The zero-order valence-electron chi connectivity index (χ0n) is 12.1. The molecule has 0 unspecified atom stereocenters. The molecule has 0 aromatic carbocycles. The van der Waals surface area contributed by atoms with Crippen LogP contribution in [0.25, 0.3) is 0 Å². The lowest BCUT2D eigenvalue weighted by atomic mass is 10.1. The van der Waals surface area contributed by atoms with Gasteiger partial charge in [0.2, 0.25) is 0 Å². The molecule has 0 bridgehead atoms. The highest BCUT2D eigenvalue weighted by atomic mass is 19.4. The van der Waals surface area contributed by atoms with E-state index in [1.54, 1.807) is 10.9 Å². The molecule has 1 heterocycles. The second-order valence-corrected chi connectivity index (χ2v) is 5.74. The number of aryl methyl sites for hydroxylation is 1. The Morgan fingerprint density at radius 2 is 2.00 bits per heavy atom. The second-order valence-electron chi connectivity index (χ2n) is 5.74. The SMILES string of the molecule is CC(C)(C)NCc1cnn(CCCOCC(F)(F)F)c1. The van der Waals surface area contributed by atoms with Gasteiger partial charge < -0.3 is 10.1 Å². The predicted molar refractivity (Wildman–Crippen MR) is 70.3 cm³/mol. The summed E-state index contributed by atoms with van der Waals surface area (Å²) in [6.45, 7) is 6.39. The average molecular weight is 293 g/mol. The predicted octanol–water partition coefficient (Wildman–Crippen LogP) is 2.74. The van der Waals surface area contributed by atoms with Gasteiger partial charge in [-0.05, 0) is 27.2 Å². The third kappa shape index (κ3) is 8.16. The zero-order valence-corrected chi connectivity index (χ0v) is 12.1. The van der Waals surface area contributed by atoms with E-state index in [0.29, 0.717) is 19.5 Å². The maximum absolute atomic E-state index is 11.8. The highest BCUT2D eigenvalue weighted by Crippen LogP contribution is 2.14. The molecular weight excluding hydrogens is 271 g/mol. The van der Waals surface area contributed by atoms with Crippen LogP contribution in [0.4, 0.5) is 13.2 Å². The van der Waals surface area contributed by atoms with Gasteiger partial charge >= 0.3 is 6.18 Å². The fourth-order valence-electron chi connectivity index (χ4n) is 1.50. The van der Waals surface area contributed by atoms with E-state index in [1.807, 2.05) is 6.20 Å². The third-order valence-corrected chi connectivity index (χ3v) is 2.45. The van der Waals surface area contributed by atoms with Crippen molar-refractivity contribution in [2.24, 2.45) is 0 Å². The van der Waals surface area contributed by atoms with Crippen LogP contribution in [0.1, 0.15) is 32.8 Å². The fraction of sp³-hybridized carbons (Fsp3) is 0.769. The van der Waals surface area contributed by atoms with Crippen LogP contribution in [-0.2, 0) is 17.8 Å². The van der Waals surface area contributed by atoms with E-state index in [0.717, 1.165) is 5.56 Å². The summed E-state index contributed by atoms with van der Waals surface area (Å²) in [6, 6.07) is 0. The molecule has 1 N–H and O–H groups in total. The Hall–Kier alpha value is -1.08. The van der Waals surface area contributed by atoms with E-state index < -0.39 is 12.8 Å². The standard InChI is InChI=1S/C13H22F3N3O/c1-12(2,3)17-7-11-8-18-19(9-11)5-4-6-20-10-13(14,15)16/h8-9,17H,4-7,10H2,1-3H3. The van der Waals surface area contributed by atoms with Crippen LogP contribution in [0.15, 0.2) is 12.4 Å². The summed E-state index contributed by atoms with van der Waals surface area (Å²) in [6.07, 6.45) is -0.0980. The van der Waals surface area contributed by atoms with Crippen molar-refractivity contribution in [1.29, 1.82) is 0 Å². The molecule has 116 valence electrons. The molecule has 0 spiro atoms. The van der Waals surface area contributed by atoms with Crippen molar-refractivity contribution >= 4 is 0 Å². The smallest absolute Gasteiger partial charge is 0.372 e. The molecular formula is C13H22F3N3O. The topological polar surface area (TPSA) is 39.1 Å². The average Bonchev–Trinajstić information content (AvgIpc) is 2.71. The first-order chi connectivity index (χ1) is 9.16.